The van der Waals surface area contributed by atoms with E-state index in [2.05, 4.69) is 4.98 Å². The summed E-state index contributed by atoms with van der Waals surface area (Å²) in [6, 6.07) is 10.6. The lowest BCUT2D eigenvalue weighted by atomic mass is 10.2. The zero-order chi connectivity index (χ0) is 12.1. The van der Waals surface area contributed by atoms with E-state index in [1.807, 2.05) is 6.07 Å². The van der Waals surface area contributed by atoms with Crippen molar-refractivity contribution in [2.24, 2.45) is 0 Å². The highest BCUT2D eigenvalue weighted by Gasteiger charge is 2.07. The standard InChI is InChI=1S/C13H12ClNO2/c14-11-3-5-12(6-4-11)17-9-13(16)10-2-1-7-15-8-10/h1-8,13,16H,9H2. The van der Waals surface area contributed by atoms with Crippen LogP contribution in [-0.4, -0.2) is 16.7 Å². The third-order valence-electron chi connectivity index (χ3n) is 2.29. The third-order valence-corrected chi connectivity index (χ3v) is 2.54. The van der Waals surface area contributed by atoms with Gasteiger partial charge in [0.1, 0.15) is 18.5 Å². The molecule has 0 spiro atoms. The Labute approximate surface area is 105 Å². The predicted octanol–water partition coefficient (Wildman–Crippen LogP) is 2.85. The summed E-state index contributed by atoms with van der Waals surface area (Å²) in [5.41, 5.74) is 0.737. The van der Waals surface area contributed by atoms with Crippen LogP contribution in [0.15, 0.2) is 48.8 Å². The van der Waals surface area contributed by atoms with Gasteiger partial charge in [-0.15, -0.1) is 0 Å². The van der Waals surface area contributed by atoms with Crippen LogP contribution >= 0.6 is 11.6 Å². The molecule has 0 aliphatic rings. The number of pyridine rings is 1. The molecule has 3 nitrogen and oxygen atoms in total. The Morgan fingerprint density at radius 2 is 2.00 bits per heavy atom. The highest BCUT2D eigenvalue weighted by atomic mass is 35.5. The molecule has 1 N–H and O–H groups in total. The SMILES string of the molecule is OC(COc1ccc(Cl)cc1)c1cccnc1. The van der Waals surface area contributed by atoms with Crippen molar-refractivity contribution in [2.75, 3.05) is 6.61 Å². The van der Waals surface area contributed by atoms with Crippen molar-refractivity contribution in [1.29, 1.82) is 0 Å². The van der Waals surface area contributed by atoms with Crippen LogP contribution < -0.4 is 4.74 Å². The summed E-state index contributed by atoms with van der Waals surface area (Å²) in [5, 5.41) is 10.5. The van der Waals surface area contributed by atoms with E-state index < -0.39 is 6.10 Å². The van der Waals surface area contributed by atoms with Crippen molar-refractivity contribution in [1.82, 2.24) is 4.98 Å². The molecule has 0 bridgehead atoms. The Bertz CT molecular complexity index is 459. The summed E-state index contributed by atoms with van der Waals surface area (Å²) in [4.78, 5) is 3.94. The maximum absolute atomic E-state index is 9.85. The summed E-state index contributed by atoms with van der Waals surface area (Å²) < 4.78 is 5.44. The zero-order valence-electron chi connectivity index (χ0n) is 9.08. The van der Waals surface area contributed by atoms with Gasteiger partial charge in [-0.2, -0.15) is 0 Å². The lowest BCUT2D eigenvalue weighted by Crippen LogP contribution is -2.09. The molecule has 2 aromatic rings. The van der Waals surface area contributed by atoms with Crippen LogP contribution in [0.3, 0.4) is 0 Å². The second-order valence-electron chi connectivity index (χ2n) is 3.57. The minimum Gasteiger partial charge on any atom is -0.491 e. The maximum atomic E-state index is 9.85. The first-order valence-electron chi connectivity index (χ1n) is 5.22. The normalized spacial score (nSPS) is 12.1. The van der Waals surface area contributed by atoms with Gasteiger partial charge in [-0.05, 0) is 30.3 Å². The summed E-state index contributed by atoms with van der Waals surface area (Å²) >= 11 is 5.76. The van der Waals surface area contributed by atoms with E-state index in [0.29, 0.717) is 10.8 Å². The fraction of sp³-hybridized carbons (Fsp3) is 0.154. The molecule has 1 atom stereocenters. The monoisotopic (exact) mass is 249 g/mol. The minimum atomic E-state index is -0.681. The van der Waals surface area contributed by atoms with Crippen molar-refractivity contribution in [3.63, 3.8) is 0 Å². The lowest BCUT2D eigenvalue weighted by Gasteiger charge is -2.12. The summed E-state index contributed by atoms with van der Waals surface area (Å²) in [6.45, 7) is 0.188. The van der Waals surface area contributed by atoms with Crippen LogP contribution in [0.2, 0.25) is 5.02 Å². The van der Waals surface area contributed by atoms with E-state index in [1.165, 1.54) is 0 Å². The number of aliphatic hydroxyl groups excluding tert-OH is 1. The fourth-order valence-corrected chi connectivity index (χ4v) is 1.50. The third kappa shape index (κ3) is 3.44. The molecule has 88 valence electrons. The molecule has 0 aliphatic carbocycles. The van der Waals surface area contributed by atoms with Gasteiger partial charge in [0.25, 0.3) is 0 Å². The van der Waals surface area contributed by atoms with Crippen molar-refractivity contribution in [3.8, 4) is 5.75 Å². The smallest absolute Gasteiger partial charge is 0.119 e. The number of benzene rings is 1. The van der Waals surface area contributed by atoms with Gasteiger partial charge in [-0.1, -0.05) is 17.7 Å². The van der Waals surface area contributed by atoms with Crippen molar-refractivity contribution < 1.29 is 9.84 Å². The summed E-state index contributed by atoms with van der Waals surface area (Å²) in [6.07, 6.45) is 2.60. The lowest BCUT2D eigenvalue weighted by molar-refractivity contribution is 0.108. The van der Waals surface area contributed by atoms with Crippen molar-refractivity contribution >= 4 is 11.6 Å². The van der Waals surface area contributed by atoms with Crippen LogP contribution in [0.25, 0.3) is 0 Å². The highest BCUT2D eigenvalue weighted by Crippen LogP contribution is 2.18. The van der Waals surface area contributed by atoms with Gasteiger partial charge in [0.05, 0.1) is 0 Å². The number of rotatable bonds is 4. The van der Waals surface area contributed by atoms with E-state index >= 15 is 0 Å². The Kier molecular flexibility index (Phi) is 3.96. The molecule has 0 radical (unpaired) electrons. The first-order chi connectivity index (χ1) is 8.25. The van der Waals surface area contributed by atoms with E-state index in [-0.39, 0.29) is 6.61 Å². The van der Waals surface area contributed by atoms with Gasteiger partial charge in [0.2, 0.25) is 0 Å². The minimum absolute atomic E-state index is 0.188. The van der Waals surface area contributed by atoms with E-state index in [1.54, 1.807) is 42.7 Å². The summed E-state index contributed by atoms with van der Waals surface area (Å²) in [7, 11) is 0. The molecule has 0 saturated carbocycles. The number of aliphatic hydroxyl groups is 1. The molecule has 4 heteroatoms. The van der Waals surface area contributed by atoms with Gasteiger partial charge in [-0.25, -0.2) is 0 Å². The van der Waals surface area contributed by atoms with Gasteiger partial charge in [0.15, 0.2) is 0 Å². The van der Waals surface area contributed by atoms with E-state index in [9.17, 15) is 5.11 Å². The average molecular weight is 250 g/mol. The largest absolute Gasteiger partial charge is 0.491 e. The molecule has 1 aromatic heterocycles. The molecule has 17 heavy (non-hydrogen) atoms. The van der Waals surface area contributed by atoms with Crippen LogP contribution in [0.1, 0.15) is 11.7 Å². The van der Waals surface area contributed by atoms with Crippen LogP contribution in [0.4, 0.5) is 0 Å². The summed E-state index contributed by atoms with van der Waals surface area (Å²) in [5.74, 6) is 0.678. The predicted molar refractivity (Wildman–Crippen MR) is 66.1 cm³/mol. The van der Waals surface area contributed by atoms with Gasteiger partial charge in [-0.3, -0.25) is 4.98 Å². The fourth-order valence-electron chi connectivity index (χ4n) is 1.38. The molecule has 1 heterocycles. The van der Waals surface area contributed by atoms with Gasteiger partial charge < -0.3 is 9.84 Å². The van der Waals surface area contributed by atoms with Gasteiger partial charge >= 0.3 is 0 Å². The number of hydrogen-bond donors (Lipinski definition) is 1. The quantitative estimate of drug-likeness (QED) is 0.906. The molecule has 1 unspecified atom stereocenters. The molecule has 0 amide bonds. The second kappa shape index (κ2) is 5.66. The molecule has 0 fully saturated rings. The molecular formula is C13H12ClNO2. The van der Waals surface area contributed by atoms with Crippen LogP contribution in [0, 0.1) is 0 Å². The number of ether oxygens (including phenoxy) is 1. The molecule has 1 aromatic carbocycles. The molecular weight excluding hydrogens is 238 g/mol. The number of nitrogens with zero attached hydrogens (tertiary/aromatic N) is 1. The Morgan fingerprint density at radius 3 is 2.65 bits per heavy atom. The molecule has 2 rings (SSSR count). The first kappa shape index (κ1) is 11.9. The molecule has 0 saturated heterocycles. The molecule has 0 aliphatic heterocycles. The Hall–Kier alpha value is -1.58. The van der Waals surface area contributed by atoms with Crippen LogP contribution in [0.5, 0.6) is 5.75 Å². The van der Waals surface area contributed by atoms with Crippen molar-refractivity contribution in [2.45, 2.75) is 6.10 Å². The number of aromatic nitrogens is 1. The van der Waals surface area contributed by atoms with Crippen LogP contribution in [-0.2, 0) is 0 Å². The van der Waals surface area contributed by atoms with Gasteiger partial charge in [0, 0.05) is 23.0 Å². The Balaban J connectivity index is 1.92. The van der Waals surface area contributed by atoms with Crippen molar-refractivity contribution in [3.05, 3.63) is 59.4 Å². The van der Waals surface area contributed by atoms with E-state index in [4.69, 9.17) is 16.3 Å². The Morgan fingerprint density at radius 1 is 1.24 bits per heavy atom. The topological polar surface area (TPSA) is 42.4 Å². The zero-order valence-corrected chi connectivity index (χ0v) is 9.84. The average Bonchev–Trinajstić information content (AvgIpc) is 2.39. The first-order valence-corrected chi connectivity index (χ1v) is 5.60. The number of halogens is 1. The number of hydrogen-bond acceptors (Lipinski definition) is 3. The maximum Gasteiger partial charge on any atom is 0.119 e. The highest BCUT2D eigenvalue weighted by molar-refractivity contribution is 6.30. The van der Waals surface area contributed by atoms with E-state index in [0.717, 1.165) is 5.56 Å². The second-order valence-corrected chi connectivity index (χ2v) is 4.00.